The van der Waals surface area contributed by atoms with Crippen molar-refractivity contribution in [2.75, 3.05) is 25.6 Å². The third-order valence-electron chi connectivity index (χ3n) is 2.53. The fourth-order valence-corrected chi connectivity index (χ4v) is 2.46. The Morgan fingerprint density at radius 3 is 2.71 bits per heavy atom. The smallest absolute Gasteiger partial charge is 0.140 e. The maximum atomic E-state index is 5.11. The van der Waals surface area contributed by atoms with Crippen molar-refractivity contribution in [1.29, 1.82) is 0 Å². The van der Waals surface area contributed by atoms with E-state index in [4.69, 9.17) is 4.74 Å². The zero-order chi connectivity index (χ0) is 12.9. The summed E-state index contributed by atoms with van der Waals surface area (Å²) in [6.45, 7) is 6.07. The van der Waals surface area contributed by atoms with Gasteiger partial charge in [-0.15, -0.1) is 0 Å². The van der Waals surface area contributed by atoms with Crippen LogP contribution in [0.25, 0.3) is 0 Å². The first kappa shape index (κ1) is 14.9. The Kier molecular flexibility index (Phi) is 5.89. The molecule has 0 aliphatic heterocycles. The summed E-state index contributed by atoms with van der Waals surface area (Å²) in [7, 11) is 1.73. The third-order valence-corrected chi connectivity index (χ3v) is 3.56. The lowest BCUT2D eigenvalue weighted by atomic mass is 9.90. The number of halogens is 2. The van der Waals surface area contributed by atoms with Crippen molar-refractivity contribution in [3.8, 4) is 0 Å². The third kappa shape index (κ3) is 5.36. The van der Waals surface area contributed by atoms with E-state index in [-0.39, 0.29) is 5.41 Å². The van der Waals surface area contributed by atoms with Crippen LogP contribution in [0.5, 0.6) is 0 Å². The Morgan fingerprint density at radius 2 is 2.12 bits per heavy atom. The van der Waals surface area contributed by atoms with E-state index in [2.05, 4.69) is 56.0 Å². The summed E-state index contributed by atoms with van der Waals surface area (Å²) in [5.74, 6) is 0.874. The number of hydrogen-bond donors (Lipinski definition) is 1. The molecule has 0 spiro atoms. The minimum absolute atomic E-state index is 0.185. The molecule has 0 aliphatic carbocycles. The van der Waals surface area contributed by atoms with Crippen LogP contribution in [0.15, 0.2) is 21.2 Å². The molecule has 0 bridgehead atoms. The highest BCUT2D eigenvalue weighted by atomic mass is 79.9. The van der Waals surface area contributed by atoms with Gasteiger partial charge < -0.3 is 10.1 Å². The number of nitrogens with zero attached hydrogens (tertiary/aromatic N) is 1. The topological polar surface area (TPSA) is 34.1 Å². The summed E-state index contributed by atoms with van der Waals surface area (Å²) in [4.78, 5) is 4.33. The van der Waals surface area contributed by atoms with Crippen LogP contribution in [0.1, 0.15) is 20.3 Å². The van der Waals surface area contributed by atoms with E-state index >= 15 is 0 Å². The molecule has 0 saturated heterocycles. The lowest BCUT2D eigenvalue weighted by molar-refractivity contribution is 0.157. The SMILES string of the molecule is COCCC(C)(C)CNc1ncc(Br)cc1Br. The molecule has 0 fully saturated rings. The Hall–Kier alpha value is -0.130. The number of hydrogen-bond acceptors (Lipinski definition) is 3. The Morgan fingerprint density at radius 1 is 1.41 bits per heavy atom. The Balaban J connectivity index is 2.54. The molecule has 0 aromatic carbocycles. The summed E-state index contributed by atoms with van der Waals surface area (Å²) in [6.07, 6.45) is 2.81. The van der Waals surface area contributed by atoms with Crippen molar-refractivity contribution in [3.63, 3.8) is 0 Å². The van der Waals surface area contributed by atoms with Gasteiger partial charge in [0.2, 0.25) is 0 Å². The zero-order valence-electron chi connectivity index (χ0n) is 10.4. The molecule has 1 heterocycles. The first-order valence-electron chi connectivity index (χ1n) is 5.48. The molecular formula is C12H18Br2N2O. The van der Waals surface area contributed by atoms with Gasteiger partial charge in [-0.2, -0.15) is 0 Å². The van der Waals surface area contributed by atoms with E-state index < -0.39 is 0 Å². The summed E-state index contributed by atoms with van der Waals surface area (Å²) >= 11 is 6.87. The Bertz CT molecular complexity index is 370. The number of ether oxygens (including phenoxy) is 1. The van der Waals surface area contributed by atoms with E-state index in [9.17, 15) is 0 Å². The number of pyridine rings is 1. The second-order valence-electron chi connectivity index (χ2n) is 4.74. The number of anilines is 1. The van der Waals surface area contributed by atoms with Crippen LogP contribution in [0.3, 0.4) is 0 Å². The van der Waals surface area contributed by atoms with E-state index in [1.54, 1.807) is 13.3 Å². The molecule has 0 unspecified atom stereocenters. The van der Waals surface area contributed by atoms with Crippen LogP contribution in [-0.2, 0) is 4.74 Å². The van der Waals surface area contributed by atoms with Gasteiger partial charge in [-0.25, -0.2) is 4.98 Å². The largest absolute Gasteiger partial charge is 0.385 e. The van der Waals surface area contributed by atoms with Gasteiger partial charge in [-0.1, -0.05) is 13.8 Å². The summed E-state index contributed by atoms with van der Waals surface area (Å²) in [6, 6.07) is 1.98. The fourth-order valence-electron chi connectivity index (χ4n) is 1.33. The van der Waals surface area contributed by atoms with Gasteiger partial charge in [0.15, 0.2) is 0 Å². The quantitative estimate of drug-likeness (QED) is 0.824. The van der Waals surface area contributed by atoms with Gasteiger partial charge in [0.25, 0.3) is 0 Å². The van der Waals surface area contributed by atoms with Crippen molar-refractivity contribution in [1.82, 2.24) is 4.98 Å². The zero-order valence-corrected chi connectivity index (χ0v) is 13.6. The molecule has 17 heavy (non-hydrogen) atoms. The number of aromatic nitrogens is 1. The summed E-state index contributed by atoms with van der Waals surface area (Å²) < 4.78 is 7.04. The van der Waals surface area contributed by atoms with Crippen molar-refractivity contribution in [3.05, 3.63) is 21.2 Å². The molecule has 0 aliphatic rings. The van der Waals surface area contributed by atoms with Gasteiger partial charge in [0.05, 0.1) is 4.47 Å². The Labute approximate surface area is 120 Å². The van der Waals surface area contributed by atoms with Crippen molar-refractivity contribution in [2.45, 2.75) is 20.3 Å². The second kappa shape index (κ2) is 6.71. The van der Waals surface area contributed by atoms with Crippen molar-refractivity contribution < 1.29 is 4.74 Å². The van der Waals surface area contributed by atoms with E-state index in [1.165, 1.54) is 0 Å². The predicted molar refractivity (Wildman–Crippen MR) is 78.4 cm³/mol. The monoisotopic (exact) mass is 364 g/mol. The van der Waals surface area contributed by atoms with Gasteiger partial charge in [0.1, 0.15) is 5.82 Å². The van der Waals surface area contributed by atoms with Crippen LogP contribution in [0.2, 0.25) is 0 Å². The molecule has 0 radical (unpaired) electrons. The van der Waals surface area contributed by atoms with E-state index in [1.807, 2.05) is 6.07 Å². The highest BCUT2D eigenvalue weighted by molar-refractivity contribution is 9.11. The molecule has 0 amide bonds. The van der Waals surface area contributed by atoms with Crippen LogP contribution in [0, 0.1) is 5.41 Å². The standard InChI is InChI=1S/C12H18Br2N2O/c1-12(2,4-5-17-3)8-16-11-10(14)6-9(13)7-15-11/h6-7H,4-5,8H2,1-3H3,(H,15,16). The summed E-state index contributed by atoms with van der Waals surface area (Å²) in [5, 5.41) is 3.35. The number of methoxy groups -OCH3 is 1. The molecule has 1 aromatic rings. The van der Waals surface area contributed by atoms with Crippen LogP contribution in [-0.4, -0.2) is 25.2 Å². The average molecular weight is 366 g/mol. The molecule has 0 atom stereocenters. The van der Waals surface area contributed by atoms with Crippen molar-refractivity contribution in [2.24, 2.45) is 5.41 Å². The molecule has 1 N–H and O–H groups in total. The first-order valence-corrected chi connectivity index (χ1v) is 7.07. The summed E-state index contributed by atoms with van der Waals surface area (Å²) in [5.41, 5.74) is 0.185. The number of rotatable bonds is 6. The van der Waals surface area contributed by atoms with E-state index in [0.717, 1.165) is 34.3 Å². The minimum Gasteiger partial charge on any atom is -0.385 e. The molecule has 96 valence electrons. The highest BCUT2D eigenvalue weighted by Gasteiger charge is 2.17. The lowest BCUT2D eigenvalue weighted by Crippen LogP contribution is -2.25. The maximum Gasteiger partial charge on any atom is 0.140 e. The normalized spacial score (nSPS) is 11.6. The highest BCUT2D eigenvalue weighted by Crippen LogP contribution is 2.26. The number of nitrogens with one attached hydrogen (secondary N) is 1. The lowest BCUT2D eigenvalue weighted by Gasteiger charge is -2.25. The predicted octanol–water partition coefficient (Wildman–Crippen LogP) is 4.08. The first-order chi connectivity index (χ1) is 7.94. The molecular weight excluding hydrogens is 348 g/mol. The minimum atomic E-state index is 0.185. The van der Waals surface area contributed by atoms with Crippen molar-refractivity contribution >= 4 is 37.7 Å². The van der Waals surface area contributed by atoms with Crippen LogP contribution < -0.4 is 5.32 Å². The van der Waals surface area contributed by atoms with Gasteiger partial charge in [-0.05, 0) is 49.8 Å². The van der Waals surface area contributed by atoms with Crippen LogP contribution in [0.4, 0.5) is 5.82 Å². The molecule has 1 rings (SSSR count). The molecule has 5 heteroatoms. The molecule has 1 aromatic heterocycles. The molecule has 0 saturated carbocycles. The van der Waals surface area contributed by atoms with Crippen LogP contribution >= 0.6 is 31.9 Å². The average Bonchev–Trinajstić information content (AvgIpc) is 2.25. The van der Waals surface area contributed by atoms with Gasteiger partial charge in [0, 0.05) is 30.9 Å². The van der Waals surface area contributed by atoms with Gasteiger partial charge in [-0.3, -0.25) is 0 Å². The molecule has 3 nitrogen and oxygen atoms in total. The maximum absolute atomic E-state index is 5.11. The second-order valence-corrected chi connectivity index (χ2v) is 6.51. The fraction of sp³-hybridized carbons (Fsp3) is 0.583. The van der Waals surface area contributed by atoms with Gasteiger partial charge >= 0.3 is 0 Å². The van der Waals surface area contributed by atoms with E-state index in [0.29, 0.717) is 0 Å².